The second kappa shape index (κ2) is 4.80. The Bertz CT molecular complexity index is 407. The van der Waals surface area contributed by atoms with Crippen LogP contribution in [0, 0.1) is 17.8 Å². The molecule has 4 aliphatic rings. The molecular formula is C17H23NS. The first-order chi connectivity index (χ1) is 9.31. The highest BCUT2D eigenvalue weighted by Crippen LogP contribution is 2.60. The van der Waals surface area contributed by atoms with Crippen molar-refractivity contribution in [2.75, 3.05) is 5.75 Å². The lowest BCUT2D eigenvalue weighted by molar-refractivity contribution is 0.0383. The number of pyridine rings is 1. The monoisotopic (exact) mass is 273 g/mol. The number of thioether (sulfide) groups is 1. The number of aromatic nitrogens is 1. The normalized spacial score (nSPS) is 39.7. The highest BCUT2D eigenvalue weighted by atomic mass is 32.2. The third-order valence-corrected chi connectivity index (χ3v) is 7.00. The maximum atomic E-state index is 4.45. The van der Waals surface area contributed by atoms with Crippen LogP contribution in [0.4, 0.5) is 0 Å². The fourth-order valence-corrected chi connectivity index (χ4v) is 6.93. The van der Waals surface area contributed by atoms with Crippen molar-refractivity contribution >= 4 is 11.8 Å². The molecule has 0 atom stereocenters. The molecule has 0 N–H and O–H groups in total. The maximum absolute atomic E-state index is 4.45. The summed E-state index contributed by atoms with van der Waals surface area (Å²) >= 11 is 2.29. The van der Waals surface area contributed by atoms with Gasteiger partial charge in [0.2, 0.25) is 0 Å². The van der Waals surface area contributed by atoms with Gasteiger partial charge in [0.1, 0.15) is 0 Å². The maximum Gasteiger partial charge on any atom is 0.0411 e. The predicted molar refractivity (Wildman–Crippen MR) is 81.3 cm³/mol. The van der Waals surface area contributed by atoms with E-state index in [-0.39, 0.29) is 0 Å². The van der Waals surface area contributed by atoms with Crippen molar-refractivity contribution in [3.63, 3.8) is 0 Å². The zero-order chi connectivity index (χ0) is 12.7. The Kier molecular flexibility index (Phi) is 3.10. The molecule has 0 amide bonds. The van der Waals surface area contributed by atoms with Crippen molar-refractivity contribution in [1.29, 1.82) is 0 Å². The minimum absolute atomic E-state index is 0.670. The van der Waals surface area contributed by atoms with Crippen LogP contribution in [0.5, 0.6) is 0 Å². The second-order valence-electron chi connectivity index (χ2n) is 7.02. The van der Waals surface area contributed by atoms with Gasteiger partial charge in [0, 0.05) is 16.6 Å². The van der Waals surface area contributed by atoms with Gasteiger partial charge < -0.3 is 0 Å². The first-order valence-corrected chi connectivity index (χ1v) is 8.84. The molecule has 4 bridgehead atoms. The van der Waals surface area contributed by atoms with Crippen molar-refractivity contribution in [3.8, 4) is 0 Å². The van der Waals surface area contributed by atoms with Crippen LogP contribution in [0.3, 0.4) is 0 Å². The van der Waals surface area contributed by atoms with Crippen LogP contribution < -0.4 is 0 Å². The van der Waals surface area contributed by atoms with E-state index in [4.69, 9.17) is 0 Å². The van der Waals surface area contributed by atoms with Crippen LogP contribution in [0.15, 0.2) is 24.4 Å². The van der Waals surface area contributed by atoms with Crippen molar-refractivity contribution in [3.05, 3.63) is 30.1 Å². The zero-order valence-corrected chi connectivity index (χ0v) is 12.4. The van der Waals surface area contributed by atoms with Crippen LogP contribution >= 0.6 is 11.8 Å². The van der Waals surface area contributed by atoms with Gasteiger partial charge >= 0.3 is 0 Å². The highest BCUT2D eigenvalue weighted by Gasteiger charge is 2.50. The molecule has 5 rings (SSSR count). The van der Waals surface area contributed by atoms with Crippen molar-refractivity contribution in [2.24, 2.45) is 17.8 Å². The van der Waals surface area contributed by atoms with Gasteiger partial charge in [-0.25, -0.2) is 0 Å². The standard InChI is InChI=1S/C17H23NS/c1-2-5-18-16(3-1)4-6-19-17-10-13-7-14(11-17)9-15(8-13)12-17/h1-3,5,13-15H,4,6-12H2. The topological polar surface area (TPSA) is 12.9 Å². The van der Waals surface area contributed by atoms with E-state index in [0.29, 0.717) is 4.75 Å². The molecular weight excluding hydrogens is 250 g/mol. The molecule has 102 valence electrons. The summed E-state index contributed by atoms with van der Waals surface area (Å²) in [5, 5.41) is 0. The van der Waals surface area contributed by atoms with Gasteiger partial charge in [-0.15, -0.1) is 0 Å². The van der Waals surface area contributed by atoms with E-state index in [1.807, 2.05) is 12.3 Å². The van der Waals surface area contributed by atoms with Crippen LogP contribution in [-0.4, -0.2) is 15.5 Å². The summed E-state index contributed by atoms with van der Waals surface area (Å²) < 4.78 is 0.670. The van der Waals surface area contributed by atoms with Gasteiger partial charge in [0.25, 0.3) is 0 Å². The molecule has 4 fully saturated rings. The van der Waals surface area contributed by atoms with E-state index in [9.17, 15) is 0 Å². The molecule has 0 radical (unpaired) electrons. The van der Waals surface area contributed by atoms with E-state index in [1.54, 1.807) is 19.3 Å². The van der Waals surface area contributed by atoms with E-state index in [1.165, 1.54) is 30.7 Å². The molecule has 1 heterocycles. The second-order valence-corrected chi connectivity index (χ2v) is 8.58. The predicted octanol–water partition coefficient (Wildman–Crippen LogP) is 4.33. The average molecular weight is 273 g/mol. The summed E-state index contributed by atoms with van der Waals surface area (Å²) in [7, 11) is 0. The van der Waals surface area contributed by atoms with Gasteiger partial charge in [-0.1, -0.05) is 6.07 Å². The summed E-state index contributed by atoms with van der Waals surface area (Å²) in [5.41, 5.74) is 1.26. The minimum atomic E-state index is 0.670. The van der Waals surface area contributed by atoms with Gasteiger partial charge in [-0.3, -0.25) is 4.98 Å². The molecule has 0 unspecified atom stereocenters. The number of rotatable bonds is 4. The van der Waals surface area contributed by atoms with E-state index in [0.717, 1.165) is 24.2 Å². The third kappa shape index (κ3) is 2.44. The molecule has 1 nitrogen and oxygen atoms in total. The number of nitrogens with zero attached hydrogens (tertiary/aromatic N) is 1. The first kappa shape index (κ1) is 12.3. The van der Waals surface area contributed by atoms with E-state index in [2.05, 4.69) is 28.9 Å². The smallest absolute Gasteiger partial charge is 0.0411 e. The van der Waals surface area contributed by atoms with Crippen LogP contribution in [-0.2, 0) is 6.42 Å². The summed E-state index contributed by atoms with van der Waals surface area (Å²) in [5.74, 6) is 4.50. The average Bonchev–Trinajstić information content (AvgIpc) is 2.38. The van der Waals surface area contributed by atoms with Gasteiger partial charge in [-0.2, -0.15) is 11.8 Å². The molecule has 0 aromatic carbocycles. The van der Waals surface area contributed by atoms with Crippen molar-refractivity contribution < 1.29 is 0 Å². The third-order valence-electron chi connectivity index (χ3n) is 5.47. The molecule has 1 aromatic heterocycles. The molecule has 4 saturated carbocycles. The van der Waals surface area contributed by atoms with E-state index >= 15 is 0 Å². The Morgan fingerprint density at radius 3 is 2.32 bits per heavy atom. The summed E-state index contributed by atoms with van der Waals surface area (Å²) in [6.07, 6.45) is 12.3. The number of hydrogen-bond donors (Lipinski definition) is 0. The lowest BCUT2D eigenvalue weighted by Gasteiger charge is -2.56. The Hall–Kier alpha value is -0.500. The quantitative estimate of drug-likeness (QED) is 0.810. The van der Waals surface area contributed by atoms with Gasteiger partial charge in [-0.05, 0) is 80.6 Å². The molecule has 4 aliphatic carbocycles. The Morgan fingerprint density at radius 2 is 1.74 bits per heavy atom. The Morgan fingerprint density at radius 1 is 1.05 bits per heavy atom. The van der Waals surface area contributed by atoms with Gasteiger partial charge in [0.05, 0.1) is 0 Å². The molecule has 2 heteroatoms. The lowest BCUT2D eigenvalue weighted by Crippen LogP contribution is -2.48. The molecule has 1 aromatic rings. The minimum Gasteiger partial charge on any atom is -0.261 e. The fraction of sp³-hybridized carbons (Fsp3) is 0.706. The zero-order valence-electron chi connectivity index (χ0n) is 11.6. The Balaban J connectivity index is 1.38. The van der Waals surface area contributed by atoms with Crippen LogP contribution in [0.2, 0.25) is 0 Å². The summed E-state index contributed by atoms with van der Waals surface area (Å²) in [6, 6.07) is 6.29. The number of aryl methyl sites for hydroxylation is 1. The lowest BCUT2D eigenvalue weighted by atomic mass is 9.56. The van der Waals surface area contributed by atoms with Crippen LogP contribution in [0.1, 0.15) is 44.2 Å². The Labute approximate surface area is 120 Å². The largest absolute Gasteiger partial charge is 0.261 e. The summed E-state index contributed by atoms with van der Waals surface area (Å²) in [4.78, 5) is 4.45. The molecule has 0 spiro atoms. The molecule has 0 aliphatic heterocycles. The molecule has 0 saturated heterocycles. The highest BCUT2D eigenvalue weighted by molar-refractivity contribution is 8.00. The van der Waals surface area contributed by atoms with Crippen molar-refractivity contribution in [1.82, 2.24) is 4.98 Å². The molecule has 19 heavy (non-hydrogen) atoms. The van der Waals surface area contributed by atoms with E-state index < -0.39 is 0 Å². The summed E-state index contributed by atoms with van der Waals surface area (Å²) in [6.45, 7) is 0. The number of hydrogen-bond acceptors (Lipinski definition) is 2. The first-order valence-electron chi connectivity index (χ1n) is 7.85. The van der Waals surface area contributed by atoms with Gasteiger partial charge in [0.15, 0.2) is 0 Å². The SMILES string of the molecule is c1ccc(CCSC23CC4CC(CC(C4)C2)C3)nc1. The van der Waals surface area contributed by atoms with Crippen LogP contribution in [0.25, 0.3) is 0 Å². The fourth-order valence-electron chi connectivity index (χ4n) is 5.13. The van der Waals surface area contributed by atoms with Crippen molar-refractivity contribution in [2.45, 2.75) is 49.7 Å².